The molecule has 0 saturated carbocycles. The molecule has 0 N–H and O–H groups in total. The summed E-state index contributed by atoms with van der Waals surface area (Å²) in [7, 11) is 0. The highest BCUT2D eigenvalue weighted by molar-refractivity contribution is 6.18. The van der Waals surface area contributed by atoms with Crippen LogP contribution in [0, 0.1) is 0 Å². The SMILES string of the molecule is ClCC/C=C/CCCl. The molecule has 48 valence electrons. The minimum absolute atomic E-state index is 0.707. The summed E-state index contributed by atoms with van der Waals surface area (Å²) in [6.07, 6.45) is 6.02. The third-order valence-electron chi connectivity index (χ3n) is 0.718. The van der Waals surface area contributed by atoms with E-state index in [4.69, 9.17) is 23.2 Å². The summed E-state index contributed by atoms with van der Waals surface area (Å²) < 4.78 is 0. The molecule has 0 aliphatic carbocycles. The smallest absolute Gasteiger partial charge is 0.0257 e. The first kappa shape index (κ1) is 8.32. The molecule has 0 amide bonds. The van der Waals surface area contributed by atoms with Crippen LogP contribution < -0.4 is 0 Å². The zero-order valence-corrected chi connectivity index (χ0v) is 6.25. The zero-order chi connectivity index (χ0) is 6.24. The van der Waals surface area contributed by atoms with Crippen molar-refractivity contribution in [2.24, 2.45) is 0 Å². The molecule has 0 spiro atoms. The lowest BCUT2D eigenvalue weighted by Gasteiger charge is -1.81. The van der Waals surface area contributed by atoms with Gasteiger partial charge in [-0.1, -0.05) is 12.2 Å². The molecule has 0 aromatic rings. The average Bonchev–Trinajstić information content (AvgIpc) is 1.81. The fourth-order valence-corrected chi connectivity index (χ4v) is 0.614. The molecule has 0 aromatic heterocycles. The topological polar surface area (TPSA) is 0 Å². The molecular weight excluding hydrogens is 143 g/mol. The van der Waals surface area contributed by atoms with Crippen LogP contribution in [-0.4, -0.2) is 11.8 Å². The van der Waals surface area contributed by atoms with E-state index >= 15 is 0 Å². The number of alkyl halides is 2. The third kappa shape index (κ3) is 6.32. The maximum atomic E-state index is 5.40. The van der Waals surface area contributed by atoms with E-state index in [-0.39, 0.29) is 0 Å². The first-order valence-corrected chi connectivity index (χ1v) is 3.75. The monoisotopic (exact) mass is 152 g/mol. The van der Waals surface area contributed by atoms with Gasteiger partial charge in [0.15, 0.2) is 0 Å². The van der Waals surface area contributed by atoms with E-state index in [0.717, 1.165) is 12.8 Å². The third-order valence-corrected chi connectivity index (χ3v) is 1.15. The van der Waals surface area contributed by atoms with Crippen molar-refractivity contribution in [3.05, 3.63) is 12.2 Å². The van der Waals surface area contributed by atoms with Crippen LogP contribution in [0.1, 0.15) is 12.8 Å². The number of allylic oxidation sites excluding steroid dienone is 2. The predicted octanol–water partition coefficient (Wildman–Crippen LogP) is 2.80. The van der Waals surface area contributed by atoms with Crippen LogP contribution in [0.3, 0.4) is 0 Å². The molecule has 0 rings (SSSR count). The molecule has 0 atom stereocenters. The van der Waals surface area contributed by atoms with Crippen molar-refractivity contribution in [3.8, 4) is 0 Å². The molecule has 0 saturated heterocycles. The summed E-state index contributed by atoms with van der Waals surface area (Å²) in [5.41, 5.74) is 0. The van der Waals surface area contributed by atoms with Gasteiger partial charge in [0.1, 0.15) is 0 Å². The van der Waals surface area contributed by atoms with Crippen LogP contribution >= 0.6 is 23.2 Å². The minimum atomic E-state index is 0.707. The average molecular weight is 153 g/mol. The second-order valence-corrected chi connectivity index (χ2v) is 2.18. The lowest BCUT2D eigenvalue weighted by atomic mass is 10.3. The van der Waals surface area contributed by atoms with E-state index in [1.54, 1.807) is 0 Å². The number of hydrogen-bond donors (Lipinski definition) is 0. The van der Waals surface area contributed by atoms with Crippen LogP contribution in [0.25, 0.3) is 0 Å². The highest BCUT2D eigenvalue weighted by atomic mass is 35.5. The van der Waals surface area contributed by atoms with Crippen molar-refractivity contribution in [2.75, 3.05) is 11.8 Å². The second-order valence-electron chi connectivity index (χ2n) is 1.43. The Kier molecular flexibility index (Phi) is 7.61. The van der Waals surface area contributed by atoms with Crippen molar-refractivity contribution in [1.82, 2.24) is 0 Å². The molecule has 0 aromatic carbocycles. The van der Waals surface area contributed by atoms with Gasteiger partial charge in [-0.05, 0) is 12.8 Å². The number of rotatable bonds is 4. The van der Waals surface area contributed by atoms with Crippen molar-refractivity contribution in [2.45, 2.75) is 12.8 Å². The predicted molar refractivity (Wildman–Crippen MR) is 39.8 cm³/mol. The number of hydrogen-bond acceptors (Lipinski definition) is 0. The molecule has 0 radical (unpaired) electrons. The van der Waals surface area contributed by atoms with Gasteiger partial charge in [-0.25, -0.2) is 0 Å². The summed E-state index contributed by atoms with van der Waals surface area (Å²) >= 11 is 10.8. The Balaban J connectivity index is 2.83. The molecule has 0 bridgehead atoms. The maximum Gasteiger partial charge on any atom is 0.0257 e. The van der Waals surface area contributed by atoms with E-state index in [1.165, 1.54) is 0 Å². The van der Waals surface area contributed by atoms with Crippen molar-refractivity contribution < 1.29 is 0 Å². The highest BCUT2D eigenvalue weighted by Gasteiger charge is 1.74. The fraction of sp³-hybridized carbons (Fsp3) is 0.667. The standard InChI is InChI=1S/C6H10Cl2/c7-5-3-1-2-4-6-8/h1-2H,3-6H2/b2-1+. The van der Waals surface area contributed by atoms with Gasteiger partial charge >= 0.3 is 0 Å². The van der Waals surface area contributed by atoms with Gasteiger partial charge in [0.05, 0.1) is 0 Å². The highest BCUT2D eigenvalue weighted by Crippen LogP contribution is 1.90. The lowest BCUT2D eigenvalue weighted by molar-refractivity contribution is 1.17. The van der Waals surface area contributed by atoms with E-state index in [1.807, 2.05) is 0 Å². The molecular formula is C6H10Cl2. The summed E-state index contributed by atoms with van der Waals surface area (Å²) in [5.74, 6) is 1.41. The Morgan fingerprint density at radius 2 is 1.25 bits per heavy atom. The lowest BCUT2D eigenvalue weighted by Crippen LogP contribution is -1.68. The Hall–Kier alpha value is 0.320. The Labute approximate surface area is 60.5 Å². The van der Waals surface area contributed by atoms with Crippen molar-refractivity contribution in [1.29, 1.82) is 0 Å². The largest absolute Gasteiger partial charge is 0.126 e. The molecule has 0 nitrogen and oxygen atoms in total. The van der Waals surface area contributed by atoms with Gasteiger partial charge in [-0.3, -0.25) is 0 Å². The Morgan fingerprint density at radius 1 is 0.875 bits per heavy atom. The summed E-state index contributed by atoms with van der Waals surface area (Å²) in [4.78, 5) is 0. The normalized spacial score (nSPS) is 10.8. The second kappa shape index (κ2) is 7.32. The van der Waals surface area contributed by atoms with E-state index in [0.29, 0.717) is 11.8 Å². The minimum Gasteiger partial charge on any atom is -0.126 e. The fourth-order valence-electron chi connectivity index (χ4n) is 0.362. The first-order chi connectivity index (χ1) is 3.91. The van der Waals surface area contributed by atoms with Crippen LogP contribution in [0.5, 0.6) is 0 Å². The molecule has 0 heterocycles. The summed E-state index contributed by atoms with van der Waals surface area (Å²) in [5, 5.41) is 0. The maximum absolute atomic E-state index is 5.40. The molecule has 8 heavy (non-hydrogen) atoms. The molecule has 2 heteroatoms. The van der Waals surface area contributed by atoms with Gasteiger partial charge in [0, 0.05) is 11.8 Å². The summed E-state index contributed by atoms with van der Waals surface area (Å²) in [6.45, 7) is 0. The van der Waals surface area contributed by atoms with Gasteiger partial charge in [0.25, 0.3) is 0 Å². The van der Waals surface area contributed by atoms with Crippen LogP contribution in [-0.2, 0) is 0 Å². The zero-order valence-electron chi connectivity index (χ0n) is 4.74. The van der Waals surface area contributed by atoms with E-state index in [9.17, 15) is 0 Å². The molecule has 0 aliphatic heterocycles. The van der Waals surface area contributed by atoms with Crippen molar-refractivity contribution in [3.63, 3.8) is 0 Å². The van der Waals surface area contributed by atoms with Crippen LogP contribution in [0.4, 0.5) is 0 Å². The van der Waals surface area contributed by atoms with E-state index in [2.05, 4.69) is 12.2 Å². The Bertz CT molecular complexity index is 51.5. The van der Waals surface area contributed by atoms with Crippen molar-refractivity contribution >= 4 is 23.2 Å². The summed E-state index contributed by atoms with van der Waals surface area (Å²) in [6, 6.07) is 0. The Morgan fingerprint density at radius 3 is 1.50 bits per heavy atom. The van der Waals surface area contributed by atoms with Gasteiger partial charge < -0.3 is 0 Å². The van der Waals surface area contributed by atoms with Gasteiger partial charge in [0.2, 0.25) is 0 Å². The molecule has 0 aliphatic rings. The first-order valence-electron chi connectivity index (χ1n) is 2.68. The molecule has 0 fully saturated rings. The van der Waals surface area contributed by atoms with Gasteiger partial charge in [-0.15, -0.1) is 23.2 Å². The molecule has 0 unspecified atom stereocenters. The van der Waals surface area contributed by atoms with Crippen LogP contribution in [0.2, 0.25) is 0 Å². The number of halogens is 2. The van der Waals surface area contributed by atoms with E-state index < -0.39 is 0 Å². The van der Waals surface area contributed by atoms with Crippen LogP contribution in [0.15, 0.2) is 12.2 Å². The quantitative estimate of drug-likeness (QED) is 0.430. The van der Waals surface area contributed by atoms with Gasteiger partial charge in [-0.2, -0.15) is 0 Å².